The van der Waals surface area contributed by atoms with Gasteiger partial charge in [-0.15, -0.1) is 0 Å². The summed E-state index contributed by atoms with van der Waals surface area (Å²) in [6.07, 6.45) is 0.0885. The highest BCUT2D eigenvalue weighted by molar-refractivity contribution is 5.70. The van der Waals surface area contributed by atoms with E-state index < -0.39 is 5.54 Å². The first-order valence-corrected chi connectivity index (χ1v) is 4.21. The summed E-state index contributed by atoms with van der Waals surface area (Å²) in [6, 6.07) is 0. The van der Waals surface area contributed by atoms with E-state index in [-0.39, 0.29) is 25.5 Å². The molecule has 0 saturated heterocycles. The smallest absolute Gasteiger partial charge is 0.307 e. The fourth-order valence-electron chi connectivity index (χ4n) is 0.969. The molecule has 0 aliphatic carbocycles. The molecule has 5 nitrogen and oxygen atoms in total. The molecule has 1 atom stereocenters. The predicted molar refractivity (Wildman–Crippen MR) is 49.1 cm³/mol. The third-order valence-corrected chi connectivity index (χ3v) is 1.64. The second kappa shape index (κ2) is 5.90. The first-order valence-electron chi connectivity index (χ1n) is 4.21. The van der Waals surface area contributed by atoms with Gasteiger partial charge in [0.25, 0.3) is 0 Å². The first-order chi connectivity index (χ1) is 6.08. The van der Waals surface area contributed by atoms with E-state index in [0.717, 1.165) is 0 Å². The topological polar surface area (TPSA) is 87.6 Å². The van der Waals surface area contributed by atoms with Crippen LogP contribution in [0.2, 0.25) is 0 Å². The highest BCUT2D eigenvalue weighted by Gasteiger charge is 2.27. The zero-order chi connectivity index (χ0) is 10.3. The van der Waals surface area contributed by atoms with Crippen LogP contribution in [-0.4, -0.2) is 38.4 Å². The highest BCUT2D eigenvalue weighted by atomic mass is 16.5. The van der Waals surface area contributed by atoms with Crippen LogP contribution in [0, 0.1) is 0 Å². The molecular weight excluding hydrogens is 172 g/mol. The van der Waals surface area contributed by atoms with E-state index in [1.807, 2.05) is 0 Å². The molecule has 0 rings (SSSR count). The lowest BCUT2D eigenvalue weighted by molar-refractivity contribution is -0.145. The van der Waals surface area contributed by atoms with E-state index in [9.17, 15) is 4.79 Å². The van der Waals surface area contributed by atoms with Crippen molar-refractivity contribution in [1.82, 2.24) is 0 Å². The Morgan fingerprint density at radius 1 is 1.54 bits per heavy atom. The van der Waals surface area contributed by atoms with Crippen molar-refractivity contribution in [2.75, 3.05) is 26.9 Å². The fourth-order valence-corrected chi connectivity index (χ4v) is 0.969. The van der Waals surface area contributed by atoms with E-state index in [1.165, 1.54) is 7.11 Å². The van der Waals surface area contributed by atoms with Gasteiger partial charge < -0.3 is 20.9 Å². The van der Waals surface area contributed by atoms with Crippen LogP contribution >= 0.6 is 0 Å². The highest BCUT2D eigenvalue weighted by Crippen LogP contribution is 2.06. The Balaban J connectivity index is 4.02. The van der Waals surface area contributed by atoms with Gasteiger partial charge in [-0.25, -0.2) is 0 Å². The second-order valence-electron chi connectivity index (χ2n) is 2.98. The van der Waals surface area contributed by atoms with Crippen LogP contribution < -0.4 is 11.5 Å². The Labute approximate surface area is 78.4 Å². The molecule has 0 aromatic heterocycles. The number of esters is 1. The van der Waals surface area contributed by atoms with Gasteiger partial charge in [0.05, 0.1) is 25.2 Å². The third-order valence-electron chi connectivity index (χ3n) is 1.64. The minimum absolute atomic E-state index is 0.0885. The van der Waals surface area contributed by atoms with Gasteiger partial charge >= 0.3 is 5.97 Å². The van der Waals surface area contributed by atoms with Gasteiger partial charge in [0.15, 0.2) is 0 Å². The minimum Gasteiger partial charge on any atom is -0.466 e. The molecule has 1 unspecified atom stereocenters. The van der Waals surface area contributed by atoms with Crippen molar-refractivity contribution in [3.8, 4) is 0 Å². The minimum atomic E-state index is -0.805. The average molecular weight is 190 g/mol. The summed E-state index contributed by atoms with van der Waals surface area (Å²) in [4.78, 5) is 11.1. The molecule has 0 bridgehead atoms. The van der Waals surface area contributed by atoms with Gasteiger partial charge in [-0.3, -0.25) is 4.79 Å². The van der Waals surface area contributed by atoms with E-state index in [4.69, 9.17) is 20.9 Å². The Morgan fingerprint density at radius 3 is 2.54 bits per heavy atom. The molecule has 0 aromatic rings. The summed E-state index contributed by atoms with van der Waals surface area (Å²) in [7, 11) is 1.52. The normalized spacial score (nSPS) is 15.1. The van der Waals surface area contributed by atoms with Crippen molar-refractivity contribution in [1.29, 1.82) is 0 Å². The van der Waals surface area contributed by atoms with Crippen molar-refractivity contribution < 1.29 is 14.3 Å². The number of ether oxygens (including phenoxy) is 2. The molecule has 0 fully saturated rings. The fraction of sp³-hybridized carbons (Fsp3) is 0.875. The third kappa shape index (κ3) is 4.82. The summed E-state index contributed by atoms with van der Waals surface area (Å²) in [5.74, 6) is -0.340. The quantitative estimate of drug-likeness (QED) is 0.538. The van der Waals surface area contributed by atoms with Crippen LogP contribution in [0.1, 0.15) is 13.3 Å². The molecule has 0 spiro atoms. The summed E-state index contributed by atoms with van der Waals surface area (Å²) < 4.78 is 9.62. The Hall–Kier alpha value is -0.650. The predicted octanol–water partition coefficient (Wildman–Crippen LogP) is -0.758. The Bertz CT molecular complexity index is 163. The molecule has 78 valence electrons. The maximum Gasteiger partial charge on any atom is 0.307 e. The summed E-state index contributed by atoms with van der Waals surface area (Å²) in [6.45, 7) is 2.54. The van der Waals surface area contributed by atoms with Gasteiger partial charge in [0.1, 0.15) is 0 Å². The largest absolute Gasteiger partial charge is 0.466 e. The van der Waals surface area contributed by atoms with Crippen LogP contribution in [0.15, 0.2) is 0 Å². The first kappa shape index (κ1) is 12.3. The lowest BCUT2D eigenvalue weighted by atomic mass is 9.98. The summed E-state index contributed by atoms with van der Waals surface area (Å²) in [5.41, 5.74) is 10.4. The van der Waals surface area contributed by atoms with Crippen molar-refractivity contribution in [3.05, 3.63) is 0 Å². The van der Waals surface area contributed by atoms with Crippen LogP contribution in [0.5, 0.6) is 0 Å². The maximum atomic E-state index is 11.1. The van der Waals surface area contributed by atoms with Crippen molar-refractivity contribution in [2.24, 2.45) is 11.5 Å². The molecule has 5 heteroatoms. The van der Waals surface area contributed by atoms with Gasteiger partial charge in [0, 0.05) is 13.7 Å². The van der Waals surface area contributed by atoms with Crippen molar-refractivity contribution >= 4 is 5.97 Å². The summed E-state index contributed by atoms with van der Waals surface area (Å²) >= 11 is 0. The molecule has 0 aliphatic heterocycles. The van der Waals surface area contributed by atoms with E-state index in [1.54, 1.807) is 6.92 Å². The molecule has 0 saturated carbocycles. The van der Waals surface area contributed by atoms with Crippen LogP contribution in [0.25, 0.3) is 0 Å². The molecular formula is C8H18N2O3. The number of hydrogen-bond acceptors (Lipinski definition) is 5. The van der Waals surface area contributed by atoms with Gasteiger partial charge in [-0.05, 0) is 6.92 Å². The molecule has 0 aromatic carbocycles. The molecule has 0 aliphatic rings. The zero-order valence-electron chi connectivity index (χ0n) is 8.21. The number of hydrogen-bond donors (Lipinski definition) is 2. The zero-order valence-corrected chi connectivity index (χ0v) is 8.21. The lowest BCUT2D eigenvalue weighted by Gasteiger charge is -2.25. The maximum absolute atomic E-state index is 11.1. The van der Waals surface area contributed by atoms with Crippen LogP contribution in [0.3, 0.4) is 0 Å². The molecule has 0 radical (unpaired) electrons. The van der Waals surface area contributed by atoms with Crippen LogP contribution in [-0.2, 0) is 14.3 Å². The van der Waals surface area contributed by atoms with Crippen molar-refractivity contribution in [2.45, 2.75) is 18.9 Å². The van der Waals surface area contributed by atoms with Crippen molar-refractivity contribution in [3.63, 3.8) is 0 Å². The van der Waals surface area contributed by atoms with Gasteiger partial charge in [-0.1, -0.05) is 0 Å². The molecule has 4 N–H and O–H groups in total. The van der Waals surface area contributed by atoms with Gasteiger partial charge in [-0.2, -0.15) is 0 Å². The second-order valence-corrected chi connectivity index (χ2v) is 2.98. The standard InChI is InChI=1S/C8H18N2O3/c1-3-13-7(11)4-8(10,5-9)6-12-2/h3-6,9-10H2,1-2H3. The van der Waals surface area contributed by atoms with Gasteiger partial charge in [0.2, 0.25) is 0 Å². The monoisotopic (exact) mass is 190 g/mol. The van der Waals surface area contributed by atoms with E-state index in [2.05, 4.69) is 0 Å². The van der Waals surface area contributed by atoms with Crippen LogP contribution in [0.4, 0.5) is 0 Å². The number of nitrogens with two attached hydrogens (primary N) is 2. The average Bonchev–Trinajstić information content (AvgIpc) is 2.05. The summed E-state index contributed by atoms with van der Waals surface area (Å²) in [5, 5.41) is 0. The SMILES string of the molecule is CCOC(=O)CC(N)(CN)COC. The molecule has 13 heavy (non-hydrogen) atoms. The number of carbonyl (C=O) groups is 1. The van der Waals surface area contributed by atoms with E-state index >= 15 is 0 Å². The molecule has 0 heterocycles. The number of methoxy groups -OCH3 is 1. The number of rotatable bonds is 6. The Kier molecular flexibility index (Phi) is 5.61. The molecule has 0 amide bonds. The van der Waals surface area contributed by atoms with E-state index in [0.29, 0.717) is 6.61 Å². The number of carbonyl (C=O) groups excluding carboxylic acids is 1. The Morgan fingerprint density at radius 2 is 2.15 bits per heavy atom. The lowest BCUT2D eigenvalue weighted by Crippen LogP contribution is -2.52.